The van der Waals surface area contributed by atoms with Crippen molar-refractivity contribution >= 4 is 10.0 Å². The highest BCUT2D eigenvalue weighted by atomic mass is 32.2. The van der Waals surface area contributed by atoms with Gasteiger partial charge in [-0.1, -0.05) is 0 Å². The molecule has 6 heteroatoms. The van der Waals surface area contributed by atoms with Gasteiger partial charge in [0.2, 0.25) is 10.0 Å². The van der Waals surface area contributed by atoms with Gasteiger partial charge < -0.3 is 10.1 Å². The standard InChI is InChI=1S/C13H20N2O3S/c1-10-8-15(9-11(2)14-10)19(16,17)13-6-4-12(18-3)5-7-13/h4-7,10-11,14H,8-9H2,1-3H3. The maximum atomic E-state index is 12.5. The molecular weight excluding hydrogens is 264 g/mol. The van der Waals surface area contributed by atoms with E-state index in [0.29, 0.717) is 23.7 Å². The lowest BCUT2D eigenvalue weighted by atomic mass is 10.2. The highest BCUT2D eigenvalue weighted by Crippen LogP contribution is 2.21. The van der Waals surface area contributed by atoms with Crippen molar-refractivity contribution in [2.45, 2.75) is 30.8 Å². The van der Waals surface area contributed by atoms with Gasteiger partial charge in [0.05, 0.1) is 12.0 Å². The van der Waals surface area contributed by atoms with Gasteiger partial charge in [-0.05, 0) is 38.1 Å². The second kappa shape index (κ2) is 5.48. The Kier molecular flexibility index (Phi) is 4.13. The largest absolute Gasteiger partial charge is 0.497 e. The van der Waals surface area contributed by atoms with Gasteiger partial charge in [-0.2, -0.15) is 4.31 Å². The van der Waals surface area contributed by atoms with E-state index in [9.17, 15) is 8.42 Å². The maximum Gasteiger partial charge on any atom is 0.243 e. The van der Waals surface area contributed by atoms with Crippen molar-refractivity contribution in [2.24, 2.45) is 0 Å². The molecule has 2 atom stereocenters. The lowest BCUT2D eigenvalue weighted by Gasteiger charge is -2.35. The van der Waals surface area contributed by atoms with Crippen molar-refractivity contribution in [1.82, 2.24) is 9.62 Å². The van der Waals surface area contributed by atoms with Crippen LogP contribution in [0.2, 0.25) is 0 Å². The summed E-state index contributed by atoms with van der Waals surface area (Å²) in [6, 6.07) is 6.84. The molecule has 2 unspecified atom stereocenters. The average Bonchev–Trinajstić information content (AvgIpc) is 2.37. The zero-order chi connectivity index (χ0) is 14.0. The van der Waals surface area contributed by atoms with E-state index in [1.54, 1.807) is 35.7 Å². The third kappa shape index (κ3) is 3.08. The number of hydrogen-bond acceptors (Lipinski definition) is 4. The number of piperazine rings is 1. The molecule has 1 aromatic carbocycles. The Bertz CT molecular complexity index is 517. The van der Waals surface area contributed by atoms with E-state index in [1.165, 1.54) is 0 Å². The minimum absolute atomic E-state index is 0.164. The zero-order valence-electron chi connectivity index (χ0n) is 11.5. The van der Waals surface area contributed by atoms with Gasteiger partial charge in [-0.3, -0.25) is 0 Å². The van der Waals surface area contributed by atoms with Crippen molar-refractivity contribution in [3.05, 3.63) is 24.3 Å². The van der Waals surface area contributed by atoms with Crippen LogP contribution in [0.3, 0.4) is 0 Å². The van der Waals surface area contributed by atoms with Gasteiger partial charge in [0, 0.05) is 25.2 Å². The fraction of sp³-hybridized carbons (Fsp3) is 0.538. The van der Waals surface area contributed by atoms with Crippen molar-refractivity contribution < 1.29 is 13.2 Å². The van der Waals surface area contributed by atoms with Crippen LogP contribution in [-0.4, -0.2) is 45.0 Å². The molecule has 0 amide bonds. The summed E-state index contributed by atoms with van der Waals surface area (Å²) in [5.41, 5.74) is 0. The number of rotatable bonds is 3. The van der Waals surface area contributed by atoms with Gasteiger partial charge in [0.25, 0.3) is 0 Å². The molecule has 5 nitrogen and oxygen atoms in total. The third-order valence-electron chi connectivity index (χ3n) is 3.22. The Morgan fingerprint density at radius 1 is 1.16 bits per heavy atom. The van der Waals surface area contributed by atoms with E-state index in [2.05, 4.69) is 5.32 Å². The molecule has 1 fully saturated rings. The van der Waals surface area contributed by atoms with E-state index >= 15 is 0 Å². The van der Waals surface area contributed by atoms with E-state index in [0.717, 1.165) is 0 Å². The normalized spacial score (nSPS) is 25.2. The van der Waals surface area contributed by atoms with Crippen LogP contribution in [0.1, 0.15) is 13.8 Å². The molecule has 1 saturated heterocycles. The summed E-state index contributed by atoms with van der Waals surface area (Å²) in [5.74, 6) is 0.654. The highest BCUT2D eigenvalue weighted by molar-refractivity contribution is 7.89. The van der Waals surface area contributed by atoms with Crippen LogP contribution in [0.5, 0.6) is 5.75 Å². The van der Waals surface area contributed by atoms with Crippen molar-refractivity contribution in [2.75, 3.05) is 20.2 Å². The number of ether oxygens (including phenoxy) is 1. The molecular formula is C13H20N2O3S. The molecule has 1 aliphatic rings. The SMILES string of the molecule is COc1ccc(S(=O)(=O)N2CC(C)NC(C)C2)cc1. The van der Waals surface area contributed by atoms with E-state index < -0.39 is 10.0 Å². The Balaban J connectivity index is 2.25. The van der Waals surface area contributed by atoms with Crippen LogP contribution in [0.4, 0.5) is 0 Å². The molecule has 2 rings (SSSR count). The maximum absolute atomic E-state index is 12.5. The summed E-state index contributed by atoms with van der Waals surface area (Å²) in [6.45, 7) is 4.98. The zero-order valence-corrected chi connectivity index (χ0v) is 12.3. The van der Waals surface area contributed by atoms with Crippen LogP contribution in [0, 0.1) is 0 Å². The summed E-state index contributed by atoms with van der Waals surface area (Å²) < 4.78 is 31.7. The Labute approximate surface area is 114 Å². The smallest absolute Gasteiger partial charge is 0.243 e. The third-order valence-corrected chi connectivity index (χ3v) is 5.07. The summed E-state index contributed by atoms with van der Waals surface area (Å²) in [7, 11) is -1.86. The summed E-state index contributed by atoms with van der Waals surface area (Å²) >= 11 is 0. The molecule has 0 radical (unpaired) electrons. The Morgan fingerprint density at radius 3 is 2.16 bits per heavy atom. The van der Waals surface area contributed by atoms with Crippen LogP contribution < -0.4 is 10.1 Å². The molecule has 0 aliphatic carbocycles. The van der Waals surface area contributed by atoms with Gasteiger partial charge in [-0.25, -0.2) is 8.42 Å². The summed E-state index contributed by atoms with van der Waals surface area (Å²) in [4.78, 5) is 0.314. The number of nitrogens with zero attached hydrogens (tertiary/aromatic N) is 1. The number of nitrogens with one attached hydrogen (secondary N) is 1. The summed E-state index contributed by atoms with van der Waals surface area (Å²) in [6.07, 6.45) is 0. The average molecular weight is 284 g/mol. The fourth-order valence-corrected chi connectivity index (χ4v) is 3.99. The van der Waals surface area contributed by atoms with Crippen molar-refractivity contribution in [1.29, 1.82) is 0 Å². The number of hydrogen-bond donors (Lipinski definition) is 1. The predicted molar refractivity (Wildman–Crippen MR) is 73.8 cm³/mol. The predicted octanol–water partition coefficient (Wildman–Crippen LogP) is 1.07. The summed E-state index contributed by atoms with van der Waals surface area (Å²) in [5, 5.41) is 3.32. The molecule has 0 spiro atoms. The van der Waals surface area contributed by atoms with Gasteiger partial charge in [0.1, 0.15) is 5.75 Å². The molecule has 19 heavy (non-hydrogen) atoms. The molecule has 1 aliphatic heterocycles. The van der Waals surface area contributed by atoms with Crippen molar-refractivity contribution in [3.8, 4) is 5.75 Å². The molecule has 1 aromatic rings. The van der Waals surface area contributed by atoms with E-state index in [1.807, 2.05) is 13.8 Å². The van der Waals surface area contributed by atoms with Gasteiger partial charge >= 0.3 is 0 Å². The second-order valence-electron chi connectivity index (χ2n) is 4.97. The highest BCUT2D eigenvalue weighted by Gasteiger charge is 2.31. The topological polar surface area (TPSA) is 58.6 Å². The minimum atomic E-state index is -3.42. The van der Waals surface area contributed by atoms with Crippen LogP contribution in [0.15, 0.2) is 29.2 Å². The Hall–Kier alpha value is -1.11. The molecule has 0 bridgehead atoms. The first kappa shape index (κ1) is 14.3. The minimum Gasteiger partial charge on any atom is -0.497 e. The first-order chi connectivity index (χ1) is 8.93. The van der Waals surface area contributed by atoms with Crippen LogP contribution in [-0.2, 0) is 10.0 Å². The number of sulfonamides is 1. The van der Waals surface area contributed by atoms with E-state index in [4.69, 9.17) is 4.74 Å². The van der Waals surface area contributed by atoms with E-state index in [-0.39, 0.29) is 12.1 Å². The lowest BCUT2D eigenvalue weighted by molar-refractivity contribution is 0.263. The van der Waals surface area contributed by atoms with Crippen LogP contribution in [0.25, 0.3) is 0 Å². The monoisotopic (exact) mass is 284 g/mol. The first-order valence-corrected chi connectivity index (χ1v) is 7.77. The van der Waals surface area contributed by atoms with Crippen molar-refractivity contribution in [3.63, 3.8) is 0 Å². The molecule has 106 valence electrons. The first-order valence-electron chi connectivity index (χ1n) is 6.33. The molecule has 0 saturated carbocycles. The Morgan fingerprint density at radius 2 is 1.68 bits per heavy atom. The molecule has 0 aromatic heterocycles. The van der Waals surface area contributed by atoms with Crippen LogP contribution >= 0.6 is 0 Å². The molecule has 1 heterocycles. The second-order valence-corrected chi connectivity index (χ2v) is 6.90. The quantitative estimate of drug-likeness (QED) is 0.902. The lowest BCUT2D eigenvalue weighted by Crippen LogP contribution is -2.55. The molecule has 1 N–H and O–H groups in total. The number of methoxy groups -OCH3 is 1. The number of benzene rings is 1. The fourth-order valence-electron chi connectivity index (χ4n) is 2.37. The van der Waals surface area contributed by atoms with Gasteiger partial charge in [0.15, 0.2) is 0 Å². The van der Waals surface area contributed by atoms with Gasteiger partial charge in [-0.15, -0.1) is 0 Å².